The molecule has 1 aromatic heterocycles. The number of halogens is 1. The second-order valence-electron chi connectivity index (χ2n) is 3.69. The van der Waals surface area contributed by atoms with Crippen molar-refractivity contribution < 1.29 is 12.8 Å². The molecule has 2 heterocycles. The van der Waals surface area contributed by atoms with Gasteiger partial charge in [0.1, 0.15) is 5.25 Å². The van der Waals surface area contributed by atoms with Gasteiger partial charge in [0, 0.05) is 0 Å². The third-order valence-corrected chi connectivity index (χ3v) is 4.85. The summed E-state index contributed by atoms with van der Waals surface area (Å²) in [6.45, 7) is 0. The Morgan fingerprint density at radius 1 is 1.47 bits per heavy atom. The average Bonchev–Trinajstić information content (AvgIpc) is 2.48. The molecule has 15 heavy (non-hydrogen) atoms. The van der Waals surface area contributed by atoms with Gasteiger partial charge in [-0.25, -0.2) is 12.8 Å². The van der Waals surface area contributed by atoms with Gasteiger partial charge in [0.25, 0.3) is 0 Å². The minimum Gasteiger partial charge on any atom is -0.380 e. The Morgan fingerprint density at radius 3 is 2.73 bits per heavy atom. The molecule has 2 rings (SSSR count). The number of hydrogen-bond acceptors (Lipinski definition) is 4. The van der Waals surface area contributed by atoms with Crippen LogP contribution in [-0.2, 0) is 9.84 Å². The van der Waals surface area contributed by atoms with Crippen molar-refractivity contribution in [3.8, 4) is 0 Å². The van der Waals surface area contributed by atoms with Crippen LogP contribution in [0.15, 0.2) is 0 Å². The van der Waals surface area contributed by atoms with E-state index >= 15 is 0 Å². The zero-order valence-corrected chi connectivity index (χ0v) is 8.85. The van der Waals surface area contributed by atoms with E-state index in [1.54, 1.807) is 0 Å². The second kappa shape index (κ2) is 3.48. The fraction of sp³-hybridized carbons (Fsp3) is 0.625. The van der Waals surface area contributed by atoms with Gasteiger partial charge in [-0.1, -0.05) is 6.42 Å². The van der Waals surface area contributed by atoms with E-state index in [-0.39, 0.29) is 17.3 Å². The van der Waals surface area contributed by atoms with Crippen LogP contribution in [0.5, 0.6) is 0 Å². The molecule has 0 radical (unpaired) electrons. The summed E-state index contributed by atoms with van der Waals surface area (Å²) in [6, 6.07) is 0. The lowest BCUT2D eigenvalue weighted by atomic mass is 10.1. The van der Waals surface area contributed by atoms with Crippen molar-refractivity contribution in [2.75, 3.05) is 11.5 Å². The minimum absolute atomic E-state index is 0.00667. The molecule has 5 nitrogen and oxygen atoms in total. The van der Waals surface area contributed by atoms with E-state index in [9.17, 15) is 12.8 Å². The fourth-order valence-electron chi connectivity index (χ4n) is 1.85. The molecule has 1 fully saturated rings. The van der Waals surface area contributed by atoms with E-state index in [1.807, 2.05) is 0 Å². The molecule has 0 aliphatic carbocycles. The van der Waals surface area contributed by atoms with Gasteiger partial charge in [0.2, 0.25) is 0 Å². The summed E-state index contributed by atoms with van der Waals surface area (Å²) in [6.07, 6.45) is 1.85. The molecule has 3 N–H and O–H groups in total. The topological polar surface area (TPSA) is 88.8 Å². The molecule has 0 spiro atoms. The lowest BCUT2D eigenvalue weighted by Gasteiger charge is -2.20. The first-order valence-electron chi connectivity index (χ1n) is 4.73. The summed E-state index contributed by atoms with van der Waals surface area (Å²) < 4.78 is 36.8. The molecule has 0 bridgehead atoms. The van der Waals surface area contributed by atoms with Crippen LogP contribution in [0.25, 0.3) is 0 Å². The SMILES string of the molecule is Nc1n[nH]c(C2CCCCS2(=O)=O)c1F. The quantitative estimate of drug-likeness (QED) is 0.749. The van der Waals surface area contributed by atoms with Gasteiger partial charge in [-0.3, -0.25) is 5.10 Å². The fourth-order valence-corrected chi connectivity index (χ4v) is 3.78. The Hall–Kier alpha value is -1.11. The number of hydrogen-bond donors (Lipinski definition) is 2. The largest absolute Gasteiger partial charge is 0.380 e. The van der Waals surface area contributed by atoms with Gasteiger partial charge in [-0.2, -0.15) is 5.10 Å². The van der Waals surface area contributed by atoms with Crippen LogP contribution in [0.2, 0.25) is 0 Å². The number of aromatic amines is 1. The van der Waals surface area contributed by atoms with Gasteiger partial charge in [-0.15, -0.1) is 0 Å². The van der Waals surface area contributed by atoms with E-state index in [0.717, 1.165) is 6.42 Å². The highest BCUT2D eigenvalue weighted by atomic mass is 32.2. The van der Waals surface area contributed by atoms with Gasteiger partial charge in [0.15, 0.2) is 21.5 Å². The average molecular weight is 233 g/mol. The molecule has 1 aromatic rings. The number of rotatable bonds is 1. The van der Waals surface area contributed by atoms with Crippen molar-refractivity contribution in [1.82, 2.24) is 10.2 Å². The van der Waals surface area contributed by atoms with E-state index in [1.165, 1.54) is 0 Å². The summed E-state index contributed by atoms with van der Waals surface area (Å²) >= 11 is 0. The van der Waals surface area contributed by atoms with Crippen molar-refractivity contribution in [1.29, 1.82) is 0 Å². The Bertz CT molecular complexity index is 468. The van der Waals surface area contributed by atoms with Crippen LogP contribution in [0.4, 0.5) is 10.2 Å². The number of anilines is 1. The summed E-state index contributed by atoms with van der Waals surface area (Å²) in [7, 11) is -3.25. The van der Waals surface area contributed by atoms with Gasteiger partial charge in [-0.05, 0) is 12.8 Å². The van der Waals surface area contributed by atoms with Crippen LogP contribution < -0.4 is 5.73 Å². The smallest absolute Gasteiger partial charge is 0.189 e. The predicted octanol–water partition coefficient (Wildman–Crippen LogP) is 0.771. The molecule has 0 amide bonds. The molecule has 1 atom stereocenters. The lowest BCUT2D eigenvalue weighted by Crippen LogP contribution is -2.22. The van der Waals surface area contributed by atoms with Gasteiger partial charge >= 0.3 is 0 Å². The number of nitrogens with zero attached hydrogens (tertiary/aromatic N) is 1. The molecule has 84 valence electrons. The Morgan fingerprint density at radius 2 is 2.20 bits per heavy atom. The van der Waals surface area contributed by atoms with Crippen LogP contribution in [0.1, 0.15) is 30.2 Å². The lowest BCUT2D eigenvalue weighted by molar-refractivity contribution is 0.528. The number of H-pyrrole nitrogens is 1. The van der Waals surface area contributed by atoms with Crippen LogP contribution in [0, 0.1) is 5.82 Å². The Labute approximate surface area is 86.8 Å². The monoisotopic (exact) mass is 233 g/mol. The summed E-state index contributed by atoms with van der Waals surface area (Å²) in [5, 5.41) is 5.03. The second-order valence-corrected chi connectivity index (χ2v) is 5.99. The third-order valence-electron chi connectivity index (χ3n) is 2.66. The normalized spacial score (nSPS) is 25.3. The Balaban J connectivity index is 2.42. The number of nitrogen functional groups attached to an aromatic ring is 1. The Kier molecular flexibility index (Phi) is 2.41. The predicted molar refractivity (Wildman–Crippen MR) is 53.3 cm³/mol. The highest BCUT2D eigenvalue weighted by Gasteiger charge is 2.34. The summed E-state index contributed by atoms with van der Waals surface area (Å²) in [4.78, 5) is 0. The molecule has 0 saturated carbocycles. The number of nitrogens with one attached hydrogen (secondary N) is 1. The van der Waals surface area contributed by atoms with Crippen LogP contribution >= 0.6 is 0 Å². The van der Waals surface area contributed by atoms with Crippen molar-refractivity contribution in [3.05, 3.63) is 11.5 Å². The standard InChI is InChI=1S/C8H12FN3O2S/c9-6-7(11-12-8(6)10)5-3-1-2-4-15(5,13)14/h5H,1-4H2,(H3,10,11,12). The molecule has 7 heteroatoms. The first kappa shape index (κ1) is 10.4. The summed E-state index contributed by atoms with van der Waals surface area (Å²) in [5.74, 6) is -0.896. The first-order valence-corrected chi connectivity index (χ1v) is 6.44. The molecule has 1 saturated heterocycles. The maximum atomic E-state index is 13.4. The molecule has 1 aliphatic heterocycles. The molecule has 0 aromatic carbocycles. The maximum Gasteiger partial charge on any atom is 0.189 e. The van der Waals surface area contributed by atoms with Crippen LogP contribution in [-0.4, -0.2) is 24.4 Å². The van der Waals surface area contributed by atoms with Gasteiger partial charge in [0.05, 0.1) is 11.4 Å². The number of aromatic nitrogens is 2. The minimum atomic E-state index is -3.25. The number of sulfone groups is 1. The van der Waals surface area contributed by atoms with E-state index in [2.05, 4.69) is 10.2 Å². The van der Waals surface area contributed by atoms with E-state index in [0.29, 0.717) is 12.8 Å². The van der Waals surface area contributed by atoms with Gasteiger partial charge < -0.3 is 5.73 Å². The zero-order valence-electron chi connectivity index (χ0n) is 8.03. The van der Waals surface area contributed by atoms with Crippen molar-refractivity contribution >= 4 is 15.7 Å². The van der Waals surface area contributed by atoms with Crippen molar-refractivity contribution in [3.63, 3.8) is 0 Å². The molecular weight excluding hydrogens is 221 g/mol. The van der Waals surface area contributed by atoms with Crippen LogP contribution in [0.3, 0.4) is 0 Å². The highest BCUT2D eigenvalue weighted by Crippen LogP contribution is 2.34. The highest BCUT2D eigenvalue weighted by molar-refractivity contribution is 7.91. The van der Waals surface area contributed by atoms with Crippen molar-refractivity contribution in [2.45, 2.75) is 24.5 Å². The first-order chi connectivity index (χ1) is 7.02. The molecular formula is C8H12FN3O2S. The molecule has 1 aliphatic rings. The third kappa shape index (κ3) is 1.71. The number of nitrogens with two attached hydrogens (primary N) is 1. The zero-order chi connectivity index (χ0) is 11.1. The molecule has 1 unspecified atom stereocenters. The van der Waals surface area contributed by atoms with E-state index in [4.69, 9.17) is 5.73 Å². The summed E-state index contributed by atoms with van der Waals surface area (Å²) in [5.41, 5.74) is 5.23. The van der Waals surface area contributed by atoms with E-state index < -0.39 is 20.9 Å². The van der Waals surface area contributed by atoms with Crippen molar-refractivity contribution in [2.24, 2.45) is 0 Å². The maximum absolute atomic E-state index is 13.4.